The van der Waals surface area contributed by atoms with Crippen LogP contribution in [0.2, 0.25) is 5.15 Å². The Labute approximate surface area is 98.6 Å². The number of nitrogens with two attached hydrogens (primary N) is 1. The van der Waals surface area contributed by atoms with Crippen LogP contribution in [0.3, 0.4) is 0 Å². The molecule has 0 aliphatic carbocycles. The van der Waals surface area contributed by atoms with E-state index >= 15 is 0 Å². The average molecular weight is 263 g/mol. The van der Waals surface area contributed by atoms with Crippen LogP contribution in [-0.4, -0.2) is 9.97 Å². The molecule has 4 nitrogen and oxygen atoms in total. The second kappa shape index (κ2) is 4.01. The summed E-state index contributed by atoms with van der Waals surface area (Å²) in [6.45, 7) is 1.10. The number of hydrogen-bond donors (Lipinski definition) is 2. The summed E-state index contributed by atoms with van der Waals surface area (Å²) in [6, 6.07) is 0. The largest absolute Gasteiger partial charge is 0.306 e. The van der Waals surface area contributed by atoms with E-state index in [0.717, 1.165) is 6.92 Å². The number of nitrogen functional groups attached to an aromatic ring is 1. The zero-order valence-electron chi connectivity index (χ0n) is 8.48. The fraction of sp³-hybridized carbons (Fsp3) is 0.111. The van der Waals surface area contributed by atoms with Crippen LogP contribution in [0.5, 0.6) is 0 Å². The maximum Gasteiger partial charge on any atom is 0.187 e. The van der Waals surface area contributed by atoms with E-state index in [1.54, 1.807) is 0 Å². The zero-order chi connectivity index (χ0) is 12.7. The van der Waals surface area contributed by atoms with Gasteiger partial charge in [0.2, 0.25) is 0 Å². The second-order valence-corrected chi connectivity index (χ2v) is 3.63. The summed E-state index contributed by atoms with van der Waals surface area (Å²) in [5, 5.41) is -0.232. The topological polar surface area (TPSA) is 63.8 Å². The highest BCUT2D eigenvalue weighted by Gasteiger charge is 2.21. The highest BCUT2D eigenvalue weighted by atomic mass is 35.5. The van der Waals surface area contributed by atoms with Crippen LogP contribution in [0.4, 0.5) is 19.0 Å². The van der Waals surface area contributed by atoms with Crippen LogP contribution in [0.25, 0.3) is 11.0 Å². The minimum Gasteiger partial charge on any atom is -0.306 e. The standard InChI is InChI=1S/C9H6ClF3N4/c1-2-3(11)5(13)7-6(4(2)12)15-8(10)9(16-7)17-14/h14H2,1H3,(H,16,17). The molecule has 0 atom stereocenters. The molecule has 0 aliphatic heterocycles. The van der Waals surface area contributed by atoms with Gasteiger partial charge in [-0.1, -0.05) is 11.6 Å². The number of hydrogen-bond acceptors (Lipinski definition) is 4. The lowest BCUT2D eigenvalue weighted by Gasteiger charge is -2.08. The van der Waals surface area contributed by atoms with Crippen molar-refractivity contribution in [1.29, 1.82) is 0 Å². The van der Waals surface area contributed by atoms with Gasteiger partial charge in [0.05, 0.1) is 0 Å². The minimum absolute atomic E-state index is 0.166. The van der Waals surface area contributed by atoms with Crippen molar-refractivity contribution in [3.63, 3.8) is 0 Å². The van der Waals surface area contributed by atoms with Gasteiger partial charge in [0.25, 0.3) is 0 Å². The molecule has 1 aromatic carbocycles. The molecular formula is C9H6ClF3N4. The predicted octanol–water partition coefficient (Wildman–Crippen LogP) is 2.29. The number of benzene rings is 1. The van der Waals surface area contributed by atoms with Gasteiger partial charge in [-0.2, -0.15) is 0 Å². The van der Waals surface area contributed by atoms with Crippen molar-refractivity contribution >= 4 is 28.5 Å². The zero-order valence-corrected chi connectivity index (χ0v) is 9.24. The molecule has 1 aromatic heterocycles. The predicted molar refractivity (Wildman–Crippen MR) is 57.0 cm³/mol. The first-order valence-corrected chi connectivity index (χ1v) is 4.82. The Balaban J connectivity index is 2.96. The first-order chi connectivity index (χ1) is 7.97. The molecule has 1 heterocycles. The number of hydrazine groups is 1. The fourth-order valence-electron chi connectivity index (χ4n) is 1.36. The summed E-state index contributed by atoms with van der Waals surface area (Å²) < 4.78 is 40.5. The fourth-order valence-corrected chi connectivity index (χ4v) is 1.54. The molecule has 2 rings (SSSR count). The molecule has 0 radical (unpaired) electrons. The average Bonchev–Trinajstić information content (AvgIpc) is 2.33. The molecule has 2 aromatic rings. The highest BCUT2D eigenvalue weighted by molar-refractivity contribution is 6.32. The van der Waals surface area contributed by atoms with Crippen LogP contribution in [-0.2, 0) is 0 Å². The lowest BCUT2D eigenvalue weighted by molar-refractivity contribution is 0.494. The normalized spacial score (nSPS) is 10.9. The van der Waals surface area contributed by atoms with E-state index in [9.17, 15) is 13.2 Å². The van der Waals surface area contributed by atoms with Gasteiger partial charge >= 0.3 is 0 Å². The summed E-state index contributed by atoms with van der Waals surface area (Å²) in [5.74, 6) is 1.28. The van der Waals surface area contributed by atoms with Gasteiger partial charge in [-0.05, 0) is 6.92 Å². The first kappa shape index (κ1) is 11.9. The maximum atomic E-state index is 13.6. The molecule has 0 saturated carbocycles. The first-order valence-electron chi connectivity index (χ1n) is 4.44. The van der Waals surface area contributed by atoms with Gasteiger partial charge in [-0.15, -0.1) is 0 Å². The van der Waals surface area contributed by atoms with E-state index in [2.05, 4.69) is 15.4 Å². The molecule has 0 spiro atoms. The molecular weight excluding hydrogens is 257 g/mol. The molecule has 0 bridgehead atoms. The van der Waals surface area contributed by atoms with E-state index in [0.29, 0.717) is 0 Å². The number of nitrogens with one attached hydrogen (secondary N) is 1. The molecule has 0 fully saturated rings. The van der Waals surface area contributed by atoms with Gasteiger partial charge in [0.15, 0.2) is 28.4 Å². The van der Waals surface area contributed by atoms with Gasteiger partial charge in [0, 0.05) is 5.56 Å². The third kappa shape index (κ3) is 1.67. The Morgan fingerprint density at radius 2 is 1.65 bits per heavy atom. The molecule has 0 aliphatic rings. The SMILES string of the molecule is Cc1c(F)c(F)c2nc(NN)c(Cl)nc2c1F. The molecule has 8 heteroatoms. The maximum absolute atomic E-state index is 13.6. The van der Waals surface area contributed by atoms with E-state index in [1.165, 1.54) is 0 Å². The summed E-state index contributed by atoms with van der Waals surface area (Å²) in [7, 11) is 0. The van der Waals surface area contributed by atoms with E-state index < -0.39 is 34.0 Å². The van der Waals surface area contributed by atoms with Crippen LogP contribution < -0.4 is 11.3 Å². The van der Waals surface area contributed by atoms with E-state index in [1.807, 2.05) is 0 Å². The summed E-state index contributed by atoms with van der Waals surface area (Å²) >= 11 is 5.62. The van der Waals surface area contributed by atoms with Crippen LogP contribution in [0.15, 0.2) is 0 Å². The van der Waals surface area contributed by atoms with E-state index in [4.69, 9.17) is 17.4 Å². The number of nitrogens with zero attached hydrogens (tertiary/aromatic N) is 2. The van der Waals surface area contributed by atoms with Crippen molar-refractivity contribution in [3.05, 3.63) is 28.2 Å². The van der Waals surface area contributed by atoms with Gasteiger partial charge in [0.1, 0.15) is 11.0 Å². The van der Waals surface area contributed by atoms with Crippen molar-refractivity contribution in [2.24, 2.45) is 5.84 Å². The highest BCUT2D eigenvalue weighted by Crippen LogP contribution is 2.28. The molecule has 0 saturated heterocycles. The molecule has 17 heavy (non-hydrogen) atoms. The quantitative estimate of drug-likeness (QED) is 0.470. The lowest BCUT2D eigenvalue weighted by atomic mass is 10.1. The van der Waals surface area contributed by atoms with Crippen molar-refractivity contribution in [2.45, 2.75) is 6.92 Å². The Bertz CT molecular complexity index is 617. The van der Waals surface area contributed by atoms with Crippen LogP contribution in [0, 0.1) is 24.4 Å². The van der Waals surface area contributed by atoms with E-state index in [-0.39, 0.29) is 11.0 Å². The third-order valence-electron chi connectivity index (χ3n) is 2.26. The smallest absolute Gasteiger partial charge is 0.187 e. The number of fused-ring (bicyclic) bond motifs is 1. The van der Waals surface area contributed by atoms with Gasteiger partial charge in [-0.3, -0.25) is 0 Å². The van der Waals surface area contributed by atoms with Gasteiger partial charge < -0.3 is 5.43 Å². The van der Waals surface area contributed by atoms with Crippen LogP contribution in [0.1, 0.15) is 5.56 Å². The number of halogens is 4. The molecule has 0 amide bonds. The lowest BCUT2D eigenvalue weighted by Crippen LogP contribution is -2.11. The third-order valence-corrected chi connectivity index (χ3v) is 2.52. The van der Waals surface area contributed by atoms with Gasteiger partial charge in [-0.25, -0.2) is 29.0 Å². The number of anilines is 1. The Kier molecular flexibility index (Phi) is 2.80. The molecule has 0 unspecified atom stereocenters. The van der Waals surface area contributed by atoms with Crippen molar-refractivity contribution in [3.8, 4) is 0 Å². The monoisotopic (exact) mass is 262 g/mol. The van der Waals surface area contributed by atoms with Crippen LogP contribution >= 0.6 is 11.6 Å². The van der Waals surface area contributed by atoms with Crippen molar-refractivity contribution in [1.82, 2.24) is 9.97 Å². The summed E-state index contributed by atoms with van der Waals surface area (Å²) in [5.41, 5.74) is 0.567. The Morgan fingerprint density at radius 3 is 2.24 bits per heavy atom. The Hall–Kier alpha value is -1.60. The molecule has 3 N–H and O–H groups in total. The van der Waals surface area contributed by atoms with Crippen molar-refractivity contribution < 1.29 is 13.2 Å². The summed E-state index contributed by atoms with van der Waals surface area (Å²) in [6.07, 6.45) is 0. The van der Waals surface area contributed by atoms with Crippen molar-refractivity contribution in [2.75, 3.05) is 5.43 Å². The minimum atomic E-state index is -1.31. The molecule has 90 valence electrons. The number of rotatable bonds is 1. The second-order valence-electron chi connectivity index (χ2n) is 3.27. The summed E-state index contributed by atoms with van der Waals surface area (Å²) in [4.78, 5) is 7.16. The Morgan fingerprint density at radius 1 is 1.06 bits per heavy atom. The number of aromatic nitrogens is 2.